The number of hydrogen-bond donors (Lipinski definition) is 2. The summed E-state index contributed by atoms with van der Waals surface area (Å²) in [5.41, 5.74) is 6.81. The number of carbonyl (C=O) groups is 1. The number of anilines is 2. The summed E-state index contributed by atoms with van der Waals surface area (Å²) >= 11 is 6.08. The Morgan fingerprint density at radius 1 is 1.50 bits per heavy atom. The number of nitrogens with one attached hydrogen (secondary N) is 1. The lowest BCUT2D eigenvalue weighted by Crippen LogP contribution is -2.49. The number of hydrogen-bond acceptors (Lipinski definition) is 4. The van der Waals surface area contributed by atoms with Crippen molar-refractivity contribution in [3.05, 3.63) is 23.2 Å². The van der Waals surface area contributed by atoms with Crippen LogP contribution in [0.1, 0.15) is 13.3 Å². The highest BCUT2D eigenvalue weighted by Gasteiger charge is 2.26. The summed E-state index contributed by atoms with van der Waals surface area (Å²) in [4.78, 5) is 14.5. The van der Waals surface area contributed by atoms with Crippen molar-refractivity contribution in [2.75, 3.05) is 37.4 Å². The molecule has 1 saturated heterocycles. The molecule has 110 valence electrons. The lowest BCUT2D eigenvalue weighted by atomic mass is 10.1. The first-order chi connectivity index (χ1) is 9.61. The first-order valence-electron chi connectivity index (χ1n) is 6.79. The van der Waals surface area contributed by atoms with Crippen LogP contribution < -0.4 is 11.1 Å². The number of nitrogens with zero attached hydrogens (tertiary/aromatic N) is 1. The van der Waals surface area contributed by atoms with E-state index in [0.29, 0.717) is 29.6 Å². The molecule has 0 bridgehead atoms. The van der Waals surface area contributed by atoms with Crippen LogP contribution in [0.5, 0.6) is 0 Å². The Bertz CT molecular complexity index is 475. The maximum Gasteiger partial charge on any atom is 0.241 e. The van der Waals surface area contributed by atoms with Crippen molar-refractivity contribution in [3.8, 4) is 0 Å². The fraction of sp³-hybridized carbons (Fsp3) is 0.500. The van der Waals surface area contributed by atoms with Gasteiger partial charge in [-0.2, -0.15) is 0 Å². The van der Waals surface area contributed by atoms with Crippen LogP contribution >= 0.6 is 11.6 Å². The Morgan fingerprint density at radius 3 is 2.80 bits per heavy atom. The fourth-order valence-electron chi connectivity index (χ4n) is 2.35. The number of carbonyl (C=O) groups excluding carboxylic acids is 1. The molecule has 6 heteroatoms. The number of rotatable bonds is 4. The number of nitrogen functional groups attached to an aromatic ring is 1. The molecule has 0 aromatic heterocycles. The molecule has 0 spiro atoms. The number of ether oxygens (including phenoxy) is 1. The first kappa shape index (κ1) is 15.1. The molecule has 5 nitrogen and oxygen atoms in total. The Kier molecular flexibility index (Phi) is 5.23. The number of halogens is 1. The summed E-state index contributed by atoms with van der Waals surface area (Å²) in [5, 5.41) is 3.33. The summed E-state index contributed by atoms with van der Waals surface area (Å²) in [6.07, 6.45) is 0.748. The number of nitrogens with two attached hydrogens (primary N) is 1. The quantitative estimate of drug-likeness (QED) is 0.834. The van der Waals surface area contributed by atoms with Crippen LogP contribution in [0, 0.1) is 0 Å². The Balaban J connectivity index is 2.04. The average molecular weight is 298 g/mol. The van der Waals surface area contributed by atoms with Gasteiger partial charge in [-0.25, -0.2) is 0 Å². The molecule has 2 rings (SSSR count). The van der Waals surface area contributed by atoms with E-state index in [9.17, 15) is 4.79 Å². The molecule has 1 atom stereocenters. The van der Waals surface area contributed by atoms with E-state index in [0.717, 1.165) is 19.5 Å². The number of morpholine rings is 1. The van der Waals surface area contributed by atoms with Crippen molar-refractivity contribution in [1.82, 2.24) is 4.90 Å². The zero-order valence-electron chi connectivity index (χ0n) is 11.6. The van der Waals surface area contributed by atoms with Crippen molar-refractivity contribution in [1.29, 1.82) is 0 Å². The highest BCUT2D eigenvalue weighted by atomic mass is 35.5. The second kappa shape index (κ2) is 6.92. The zero-order valence-corrected chi connectivity index (χ0v) is 12.3. The van der Waals surface area contributed by atoms with Crippen LogP contribution in [0.4, 0.5) is 11.4 Å². The molecule has 1 amide bonds. The number of benzene rings is 1. The van der Waals surface area contributed by atoms with Gasteiger partial charge in [0.05, 0.1) is 30.0 Å². The molecule has 3 N–H and O–H groups in total. The van der Waals surface area contributed by atoms with E-state index in [2.05, 4.69) is 10.2 Å². The molecule has 1 fully saturated rings. The molecule has 1 aliphatic rings. The molecule has 0 aliphatic carbocycles. The van der Waals surface area contributed by atoms with Gasteiger partial charge >= 0.3 is 0 Å². The van der Waals surface area contributed by atoms with Crippen molar-refractivity contribution in [2.45, 2.75) is 19.4 Å². The molecular weight excluding hydrogens is 278 g/mol. The topological polar surface area (TPSA) is 67.6 Å². The van der Waals surface area contributed by atoms with Crippen molar-refractivity contribution in [3.63, 3.8) is 0 Å². The van der Waals surface area contributed by atoms with Crippen LogP contribution in [0.3, 0.4) is 0 Å². The first-order valence-corrected chi connectivity index (χ1v) is 7.17. The van der Waals surface area contributed by atoms with Gasteiger partial charge in [-0.05, 0) is 24.6 Å². The smallest absolute Gasteiger partial charge is 0.241 e. The molecule has 1 aromatic carbocycles. The van der Waals surface area contributed by atoms with E-state index in [-0.39, 0.29) is 11.9 Å². The minimum Gasteiger partial charge on any atom is -0.399 e. The van der Waals surface area contributed by atoms with E-state index < -0.39 is 0 Å². The highest BCUT2D eigenvalue weighted by molar-refractivity contribution is 6.34. The summed E-state index contributed by atoms with van der Waals surface area (Å²) in [6.45, 7) is 4.91. The predicted molar refractivity (Wildman–Crippen MR) is 81.0 cm³/mol. The van der Waals surface area contributed by atoms with Crippen molar-refractivity contribution < 1.29 is 9.53 Å². The predicted octanol–water partition coefficient (Wildman–Crippen LogP) is 1.97. The molecule has 0 radical (unpaired) electrons. The maximum atomic E-state index is 12.4. The van der Waals surface area contributed by atoms with Gasteiger partial charge in [0.2, 0.25) is 5.91 Å². The second-order valence-corrected chi connectivity index (χ2v) is 5.21. The maximum absolute atomic E-state index is 12.4. The van der Waals surface area contributed by atoms with Crippen LogP contribution in [0.15, 0.2) is 18.2 Å². The zero-order chi connectivity index (χ0) is 14.5. The van der Waals surface area contributed by atoms with E-state index in [1.54, 1.807) is 18.2 Å². The SMILES string of the molecule is CCC(C(=O)Nc1ccc(N)cc1Cl)N1CCOCC1. The van der Waals surface area contributed by atoms with Crippen LogP contribution in [-0.2, 0) is 9.53 Å². The Labute approximate surface area is 124 Å². The standard InChI is InChI=1S/C14H20ClN3O2/c1-2-13(18-5-7-20-8-6-18)14(19)17-12-4-3-10(16)9-11(12)15/h3-4,9,13H,2,5-8,16H2,1H3,(H,17,19). The summed E-state index contributed by atoms with van der Waals surface area (Å²) in [6, 6.07) is 4.92. The molecule has 1 heterocycles. The molecular formula is C14H20ClN3O2. The fourth-order valence-corrected chi connectivity index (χ4v) is 2.58. The largest absolute Gasteiger partial charge is 0.399 e. The summed E-state index contributed by atoms with van der Waals surface area (Å²) in [5.74, 6) is -0.0407. The van der Waals surface area contributed by atoms with E-state index in [4.69, 9.17) is 22.1 Å². The molecule has 1 unspecified atom stereocenters. The minimum absolute atomic E-state index is 0.0407. The molecule has 20 heavy (non-hydrogen) atoms. The molecule has 1 aromatic rings. The summed E-state index contributed by atoms with van der Waals surface area (Å²) < 4.78 is 5.32. The Morgan fingerprint density at radius 2 is 2.20 bits per heavy atom. The van der Waals surface area contributed by atoms with Gasteiger partial charge in [0, 0.05) is 18.8 Å². The minimum atomic E-state index is -0.160. The van der Waals surface area contributed by atoms with Crippen LogP contribution in [0.25, 0.3) is 0 Å². The van der Waals surface area contributed by atoms with E-state index in [1.807, 2.05) is 6.92 Å². The number of amides is 1. The average Bonchev–Trinajstić information content (AvgIpc) is 2.44. The highest BCUT2D eigenvalue weighted by Crippen LogP contribution is 2.24. The van der Waals surface area contributed by atoms with Gasteiger partial charge < -0.3 is 15.8 Å². The lowest BCUT2D eigenvalue weighted by molar-refractivity contribution is -0.123. The van der Waals surface area contributed by atoms with Gasteiger partial charge in [-0.15, -0.1) is 0 Å². The van der Waals surface area contributed by atoms with Gasteiger partial charge in [0.25, 0.3) is 0 Å². The molecule has 1 aliphatic heterocycles. The lowest BCUT2D eigenvalue weighted by Gasteiger charge is -2.33. The van der Waals surface area contributed by atoms with E-state index >= 15 is 0 Å². The van der Waals surface area contributed by atoms with Crippen molar-refractivity contribution in [2.24, 2.45) is 0 Å². The normalized spacial score (nSPS) is 17.7. The third-order valence-corrected chi connectivity index (χ3v) is 3.74. The Hall–Kier alpha value is -1.30. The van der Waals surface area contributed by atoms with Gasteiger partial charge in [0.1, 0.15) is 0 Å². The molecule has 0 saturated carbocycles. The van der Waals surface area contributed by atoms with E-state index in [1.165, 1.54) is 0 Å². The van der Waals surface area contributed by atoms with Gasteiger partial charge in [-0.3, -0.25) is 9.69 Å². The third-order valence-electron chi connectivity index (χ3n) is 3.43. The van der Waals surface area contributed by atoms with Crippen LogP contribution in [0.2, 0.25) is 5.02 Å². The second-order valence-electron chi connectivity index (χ2n) is 4.80. The third kappa shape index (κ3) is 3.62. The van der Waals surface area contributed by atoms with Gasteiger partial charge in [-0.1, -0.05) is 18.5 Å². The van der Waals surface area contributed by atoms with Gasteiger partial charge in [0.15, 0.2) is 0 Å². The summed E-state index contributed by atoms with van der Waals surface area (Å²) in [7, 11) is 0. The van der Waals surface area contributed by atoms with Crippen LogP contribution in [-0.4, -0.2) is 43.2 Å². The monoisotopic (exact) mass is 297 g/mol. The van der Waals surface area contributed by atoms with Crippen molar-refractivity contribution >= 4 is 28.9 Å².